The van der Waals surface area contributed by atoms with Crippen molar-refractivity contribution in [2.24, 2.45) is 5.73 Å². The summed E-state index contributed by atoms with van der Waals surface area (Å²) in [5.74, 6) is 0.249. The summed E-state index contributed by atoms with van der Waals surface area (Å²) in [7, 11) is 0. The molecule has 5 atom stereocenters. The maximum atomic E-state index is 10.8. The summed E-state index contributed by atoms with van der Waals surface area (Å²) < 4.78 is 7.48. The van der Waals surface area contributed by atoms with Crippen LogP contribution in [0.3, 0.4) is 0 Å². The van der Waals surface area contributed by atoms with Crippen LogP contribution >= 0.6 is 35.0 Å². The summed E-state index contributed by atoms with van der Waals surface area (Å²) in [6.07, 6.45) is -0.789. The number of aromatic nitrogens is 4. The maximum Gasteiger partial charge on any atom is 0.320 e. The highest BCUT2D eigenvalue weighted by molar-refractivity contribution is 7.99. The molecule has 3 aromatic rings. The number of aliphatic hydroxyl groups excluding tert-OH is 2. The summed E-state index contributed by atoms with van der Waals surface area (Å²) in [6, 6.07) is 4.27. The smallest absolute Gasteiger partial charge is 0.320 e. The highest BCUT2D eigenvalue weighted by atomic mass is 35.5. The molecule has 2 aromatic heterocycles. The number of hydrogen-bond donors (Lipinski definition) is 5. The Balaban J connectivity index is 1.43. The number of fused-ring (bicyclic) bond motifs is 1. The van der Waals surface area contributed by atoms with Gasteiger partial charge in [0.25, 0.3) is 0 Å². The number of nitrogens with one attached hydrogen (secondary N) is 1. The Bertz CT molecular complexity index is 1200. The molecule has 1 unspecified atom stereocenters. The second-order valence-electron chi connectivity index (χ2n) is 7.99. The van der Waals surface area contributed by atoms with Crippen LogP contribution in [0.15, 0.2) is 30.9 Å². The molecule has 0 spiro atoms. The van der Waals surface area contributed by atoms with E-state index in [2.05, 4.69) is 20.3 Å². The van der Waals surface area contributed by atoms with Gasteiger partial charge in [-0.15, -0.1) is 0 Å². The average Bonchev–Trinajstić information content (AvgIpc) is 3.37. The quantitative estimate of drug-likeness (QED) is 0.237. The molecule has 1 saturated heterocycles. The number of aliphatic hydroxyl groups is 2. The molecule has 1 fully saturated rings. The van der Waals surface area contributed by atoms with Crippen molar-refractivity contribution in [1.29, 1.82) is 0 Å². The third kappa shape index (κ3) is 5.80. The molecular formula is C21H24Cl2N6O5S. The number of carbonyl (C=O) groups is 1. The Kier molecular flexibility index (Phi) is 8.32. The first kappa shape index (κ1) is 25.9. The van der Waals surface area contributed by atoms with Crippen molar-refractivity contribution in [3.8, 4) is 0 Å². The number of benzene rings is 1. The minimum absolute atomic E-state index is 0.287. The molecule has 0 saturated carbocycles. The fourth-order valence-corrected chi connectivity index (χ4v) is 5.21. The van der Waals surface area contributed by atoms with Gasteiger partial charge in [-0.25, -0.2) is 15.0 Å². The number of anilines is 1. The number of hydrogen-bond acceptors (Lipinski definition) is 10. The minimum atomic E-state index is -1.21. The van der Waals surface area contributed by atoms with Crippen molar-refractivity contribution in [3.05, 3.63) is 46.5 Å². The Hall–Kier alpha value is -2.19. The van der Waals surface area contributed by atoms with Crippen molar-refractivity contribution in [2.45, 2.75) is 43.5 Å². The van der Waals surface area contributed by atoms with Crippen LogP contribution in [0, 0.1) is 0 Å². The Morgan fingerprint density at radius 1 is 1.26 bits per heavy atom. The number of aliphatic carboxylic acids is 1. The van der Waals surface area contributed by atoms with Gasteiger partial charge in [-0.3, -0.25) is 9.36 Å². The Morgan fingerprint density at radius 3 is 2.80 bits per heavy atom. The zero-order chi connectivity index (χ0) is 25.1. The van der Waals surface area contributed by atoms with Crippen LogP contribution in [0.4, 0.5) is 5.82 Å². The zero-order valence-electron chi connectivity index (χ0n) is 18.3. The fraction of sp³-hybridized carbons (Fsp3) is 0.429. The van der Waals surface area contributed by atoms with Crippen molar-refractivity contribution >= 4 is 57.9 Å². The molecule has 4 rings (SSSR count). The second-order valence-corrected chi connectivity index (χ2v) is 9.98. The summed E-state index contributed by atoms with van der Waals surface area (Å²) in [5, 5.41) is 34.2. The first-order valence-corrected chi connectivity index (χ1v) is 12.6. The van der Waals surface area contributed by atoms with Gasteiger partial charge in [-0.05, 0) is 29.9 Å². The topological polar surface area (TPSA) is 169 Å². The fourth-order valence-electron chi connectivity index (χ4n) is 3.64. The van der Waals surface area contributed by atoms with Gasteiger partial charge in [0.2, 0.25) is 0 Å². The van der Waals surface area contributed by atoms with E-state index in [0.29, 0.717) is 45.1 Å². The number of thioether (sulfide) groups is 1. The lowest BCUT2D eigenvalue weighted by Crippen LogP contribution is -2.33. The van der Waals surface area contributed by atoms with Crippen LogP contribution in [-0.4, -0.2) is 76.7 Å². The summed E-state index contributed by atoms with van der Waals surface area (Å²) in [5.41, 5.74) is 7.21. The lowest BCUT2D eigenvalue weighted by molar-refractivity contribution is -0.138. The standard InChI is InChI=1S/C21H24Cl2N6O5S/c22-11-2-1-10(12(23)5-11)6-25-18-15-19(27-8-26-18)29(9-28-15)20-17(31)16(30)14(34-20)7-35-4-3-13(24)21(32)33/h1-2,5,8-9,13-14,16-17,20,30-31H,3-4,6-7,24H2,(H,32,33)(H,25,26,27)/t13?,14-,16-,17-,20-/m1/s1. The van der Waals surface area contributed by atoms with Crippen LogP contribution in [0.2, 0.25) is 10.0 Å². The molecule has 1 aromatic carbocycles. The summed E-state index contributed by atoms with van der Waals surface area (Å²) in [6.45, 7) is 0.376. The monoisotopic (exact) mass is 542 g/mol. The van der Waals surface area contributed by atoms with E-state index in [0.717, 1.165) is 5.56 Å². The molecule has 1 aliphatic heterocycles. The van der Waals surface area contributed by atoms with Crippen LogP contribution in [0.5, 0.6) is 0 Å². The molecule has 35 heavy (non-hydrogen) atoms. The molecule has 3 heterocycles. The van der Waals surface area contributed by atoms with Crippen molar-refractivity contribution in [1.82, 2.24) is 19.5 Å². The van der Waals surface area contributed by atoms with Crippen molar-refractivity contribution in [2.75, 3.05) is 16.8 Å². The maximum absolute atomic E-state index is 10.8. The number of carboxylic acid groups (broad SMARTS) is 1. The molecule has 188 valence electrons. The predicted octanol–water partition coefficient (Wildman–Crippen LogP) is 1.90. The van der Waals surface area contributed by atoms with Crippen LogP contribution in [-0.2, 0) is 16.1 Å². The SMILES string of the molecule is NC(CCSC[C@H]1O[C@@H](n2cnc3c(NCc4ccc(Cl)cc4Cl)ncnc32)[C@H](O)[C@@H]1O)C(=O)O. The van der Waals surface area contributed by atoms with Crippen LogP contribution in [0.1, 0.15) is 18.2 Å². The highest BCUT2D eigenvalue weighted by Crippen LogP contribution is 2.34. The molecule has 14 heteroatoms. The van der Waals surface area contributed by atoms with E-state index < -0.39 is 36.6 Å². The molecule has 0 bridgehead atoms. The van der Waals surface area contributed by atoms with E-state index >= 15 is 0 Å². The van der Waals surface area contributed by atoms with E-state index in [1.54, 1.807) is 16.7 Å². The summed E-state index contributed by atoms with van der Waals surface area (Å²) >= 11 is 13.6. The van der Waals surface area contributed by atoms with Gasteiger partial charge < -0.3 is 31.1 Å². The van der Waals surface area contributed by atoms with Gasteiger partial charge in [0, 0.05) is 22.3 Å². The van der Waals surface area contributed by atoms with E-state index in [9.17, 15) is 15.0 Å². The summed E-state index contributed by atoms with van der Waals surface area (Å²) in [4.78, 5) is 23.8. The molecule has 1 aliphatic rings. The zero-order valence-corrected chi connectivity index (χ0v) is 20.6. The number of rotatable bonds is 10. The first-order chi connectivity index (χ1) is 16.8. The minimum Gasteiger partial charge on any atom is -0.480 e. The van der Waals surface area contributed by atoms with E-state index in [4.69, 9.17) is 38.8 Å². The van der Waals surface area contributed by atoms with Gasteiger partial charge in [0.1, 0.15) is 24.6 Å². The van der Waals surface area contributed by atoms with E-state index in [1.165, 1.54) is 24.4 Å². The molecule has 0 radical (unpaired) electrons. The van der Waals surface area contributed by atoms with Crippen molar-refractivity contribution in [3.63, 3.8) is 0 Å². The van der Waals surface area contributed by atoms with Crippen molar-refractivity contribution < 1.29 is 24.9 Å². The normalized spacial score (nSPS) is 23.0. The largest absolute Gasteiger partial charge is 0.480 e. The Morgan fingerprint density at radius 2 is 2.06 bits per heavy atom. The molecule has 0 amide bonds. The number of ether oxygens (including phenoxy) is 1. The molecule has 6 N–H and O–H groups in total. The van der Waals surface area contributed by atoms with Gasteiger partial charge in [0.05, 0.1) is 12.4 Å². The van der Waals surface area contributed by atoms with Crippen LogP contribution < -0.4 is 11.1 Å². The molecule has 11 nitrogen and oxygen atoms in total. The number of carboxylic acids is 1. The lowest BCUT2D eigenvalue weighted by Gasteiger charge is -2.16. The Labute approximate surface area is 214 Å². The molecule has 0 aliphatic carbocycles. The second kappa shape index (κ2) is 11.2. The van der Waals surface area contributed by atoms with E-state index in [-0.39, 0.29) is 6.42 Å². The number of nitrogens with two attached hydrogens (primary N) is 1. The number of nitrogens with zero attached hydrogens (tertiary/aromatic N) is 4. The third-order valence-electron chi connectivity index (χ3n) is 5.60. The van der Waals surface area contributed by atoms with Gasteiger partial charge >= 0.3 is 5.97 Å². The number of halogens is 2. The molecular weight excluding hydrogens is 519 g/mol. The van der Waals surface area contributed by atoms with E-state index in [1.807, 2.05) is 6.07 Å². The van der Waals surface area contributed by atoms with Crippen LogP contribution in [0.25, 0.3) is 11.2 Å². The lowest BCUT2D eigenvalue weighted by atomic mass is 10.1. The van der Waals surface area contributed by atoms with Gasteiger partial charge in [-0.2, -0.15) is 11.8 Å². The average molecular weight is 543 g/mol. The number of imidazole rings is 1. The third-order valence-corrected chi connectivity index (χ3v) is 7.28. The first-order valence-electron chi connectivity index (χ1n) is 10.7. The van der Waals surface area contributed by atoms with Gasteiger partial charge in [-0.1, -0.05) is 29.3 Å². The highest BCUT2D eigenvalue weighted by Gasteiger charge is 2.44. The predicted molar refractivity (Wildman–Crippen MR) is 133 cm³/mol. The van der Waals surface area contributed by atoms with Gasteiger partial charge in [0.15, 0.2) is 23.2 Å².